The zero-order valence-electron chi connectivity index (χ0n) is 16.1. The molecule has 0 aliphatic carbocycles. The lowest BCUT2D eigenvalue weighted by Crippen LogP contribution is -2.19. The normalized spacial score (nSPS) is 13.0. The topological polar surface area (TPSA) is 30.7 Å². The van der Waals surface area contributed by atoms with Crippen LogP contribution in [0.2, 0.25) is 0 Å². The summed E-state index contributed by atoms with van der Waals surface area (Å²) in [5, 5.41) is 2.43. The molecule has 4 rings (SSSR count). The van der Waals surface area contributed by atoms with Crippen LogP contribution in [0.25, 0.3) is 21.1 Å². The van der Waals surface area contributed by atoms with Gasteiger partial charge < -0.3 is 4.57 Å². The minimum Gasteiger partial charge on any atom is -0.346 e. The smallest absolute Gasteiger partial charge is 0.123 e. The number of aromatic nitrogens is 3. The maximum absolute atomic E-state index is 4.94. The van der Waals surface area contributed by atoms with Gasteiger partial charge in [0.25, 0.3) is 0 Å². The van der Waals surface area contributed by atoms with E-state index in [9.17, 15) is 0 Å². The molecule has 0 spiro atoms. The van der Waals surface area contributed by atoms with Gasteiger partial charge in [0.2, 0.25) is 0 Å². The van der Waals surface area contributed by atoms with E-state index >= 15 is 0 Å². The van der Waals surface area contributed by atoms with Gasteiger partial charge in [-0.15, -0.1) is 11.3 Å². The van der Waals surface area contributed by atoms with E-state index in [1.54, 1.807) is 11.3 Å². The molecular weight excluding hydrogens is 338 g/mol. The van der Waals surface area contributed by atoms with Gasteiger partial charge in [-0.25, -0.2) is 4.98 Å². The molecule has 0 amide bonds. The summed E-state index contributed by atoms with van der Waals surface area (Å²) in [4.78, 5) is 11.9. The van der Waals surface area contributed by atoms with Crippen molar-refractivity contribution in [1.82, 2.24) is 14.5 Å². The van der Waals surface area contributed by atoms with Crippen LogP contribution in [0.15, 0.2) is 48.9 Å². The molecule has 0 radical (unpaired) electrons. The molecule has 0 aliphatic heterocycles. The fourth-order valence-corrected chi connectivity index (χ4v) is 4.39. The standard InChI is InChI=1S/C22H25N3S/c1-21(2,3)25-13-16-8-9-17(24-18(16)14-25)12-22(4,5)19-11-15-7-6-10-23-20(15)26-19/h6-11,13-14H,12H2,1-5H3. The van der Waals surface area contributed by atoms with E-state index in [0.717, 1.165) is 22.5 Å². The Morgan fingerprint density at radius 3 is 2.54 bits per heavy atom. The maximum atomic E-state index is 4.94. The van der Waals surface area contributed by atoms with Crippen LogP contribution in [-0.4, -0.2) is 14.5 Å². The van der Waals surface area contributed by atoms with Gasteiger partial charge in [-0.1, -0.05) is 19.9 Å². The Bertz CT molecular complexity index is 1050. The van der Waals surface area contributed by atoms with E-state index in [1.165, 1.54) is 15.6 Å². The Morgan fingerprint density at radius 2 is 1.81 bits per heavy atom. The van der Waals surface area contributed by atoms with Crippen LogP contribution < -0.4 is 0 Å². The molecule has 4 heterocycles. The first-order chi connectivity index (χ1) is 12.2. The minimum atomic E-state index is 0.0264. The highest BCUT2D eigenvalue weighted by Gasteiger charge is 2.25. The average Bonchev–Trinajstić information content (AvgIpc) is 3.18. The van der Waals surface area contributed by atoms with E-state index in [1.807, 2.05) is 12.3 Å². The molecule has 3 nitrogen and oxygen atoms in total. The van der Waals surface area contributed by atoms with E-state index in [0.29, 0.717) is 0 Å². The molecule has 0 bridgehead atoms. The maximum Gasteiger partial charge on any atom is 0.123 e. The van der Waals surface area contributed by atoms with Gasteiger partial charge in [0.05, 0.1) is 5.52 Å². The fraction of sp³-hybridized carbons (Fsp3) is 0.364. The molecule has 0 aliphatic rings. The van der Waals surface area contributed by atoms with Gasteiger partial charge in [-0.2, -0.15) is 0 Å². The molecule has 4 heteroatoms. The molecule has 0 unspecified atom stereocenters. The number of fused-ring (bicyclic) bond motifs is 2. The first-order valence-electron chi connectivity index (χ1n) is 9.06. The van der Waals surface area contributed by atoms with Gasteiger partial charge in [-0.3, -0.25) is 4.98 Å². The molecule has 0 N–H and O–H groups in total. The first kappa shape index (κ1) is 17.2. The molecule has 4 aromatic rings. The first-order valence-corrected chi connectivity index (χ1v) is 9.87. The summed E-state index contributed by atoms with van der Waals surface area (Å²) in [6.07, 6.45) is 7.13. The number of rotatable bonds is 3. The van der Waals surface area contributed by atoms with Crippen molar-refractivity contribution in [3.05, 3.63) is 59.5 Å². The Balaban J connectivity index is 1.66. The number of nitrogens with zero attached hydrogens (tertiary/aromatic N) is 3. The second-order valence-electron chi connectivity index (χ2n) is 8.68. The predicted octanol–water partition coefficient (Wildman–Crippen LogP) is 5.92. The third-order valence-corrected chi connectivity index (χ3v) is 6.34. The van der Waals surface area contributed by atoms with Crippen molar-refractivity contribution < 1.29 is 0 Å². The van der Waals surface area contributed by atoms with Crippen LogP contribution in [0.1, 0.15) is 45.2 Å². The van der Waals surface area contributed by atoms with Crippen LogP contribution in [-0.2, 0) is 17.4 Å². The molecular formula is C22H25N3S. The Labute approximate surface area is 158 Å². The molecule has 0 aromatic carbocycles. The third-order valence-electron chi connectivity index (χ3n) is 4.91. The van der Waals surface area contributed by atoms with Crippen LogP contribution in [0.4, 0.5) is 0 Å². The van der Waals surface area contributed by atoms with E-state index < -0.39 is 0 Å². The summed E-state index contributed by atoms with van der Waals surface area (Å²) < 4.78 is 2.25. The van der Waals surface area contributed by atoms with E-state index in [4.69, 9.17) is 4.98 Å². The van der Waals surface area contributed by atoms with Crippen molar-refractivity contribution in [2.75, 3.05) is 0 Å². The second-order valence-corrected chi connectivity index (χ2v) is 9.71. The lowest BCUT2D eigenvalue weighted by atomic mass is 9.85. The Kier molecular flexibility index (Phi) is 3.92. The second kappa shape index (κ2) is 5.92. The van der Waals surface area contributed by atoms with Gasteiger partial charge in [0, 0.05) is 50.9 Å². The van der Waals surface area contributed by atoms with Gasteiger partial charge in [-0.05, 0) is 51.5 Å². The van der Waals surface area contributed by atoms with Gasteiger partial charge in [0.15, 0.2) is 0 Å². The van der Waals surface area contributed by atoms with Crippen LogP contribution in [0.3, 0.4) is 0 Å². The highest BCUT2D eigenvalue weighted by atomic mass is 32.1. The Hall–Kier alpha value is -2.20. The van der Waals surface area contributed by atoms with Crippen LogP contribution in [0, 0.1) is 0 Å². The summed E-state index contributed by atoms with van der Waals surface area (Å²) in [7, 11) is 0. The highest BCUT2D eigenvalue weighted by molar-refractivity contribution is 7.18. The predicted molar refractivity (Wildman–Crippen MR) is 111 cm³/mol. The SMILES string of the molecule is CC(C)(Cc1ccc2cn(C(C)(C)C)cc2n1)c1cc2cccnc2s1. The number of hydrogen-bond donors (Lipinski definition) is 0. The zero-order chi connectivity index (χ0) is 18.5. The number of hydrogen-bond acceptors (Lipinski definition) is 3. The molecule has 4 aromatic heterocycles. The average molecular weight is 364 g/mol. The van der Waals surface area contributed by atoms with E-state index in [-0.39, 0.29) is 11.0 Å². The zero-order valence-corrected chi connectivity index (χ0v) is 16.9. The largest absolute Gasteiger partial charge is 0.346 e. The van der Waals surface area contributed by atoms with Crippen molar-refractivity contribution in [2.24, 2.45) is 0 Å². The summed E-state index contributed by atoms with van der Waals surface area (Å²) in [6, 6.07) is 10.8. The summed E-state index contributed by atoms with van der Waals surface area (Å²) in [5.41, 5.74) is 2.31. The molecule has 0 fully saturated rings. The van der Waals surface area contributed by atoms with Crippen molar-refractivity contribution in [1.29, 1.82) is 0 Å². The molecule has 0 saturated carbocycles. The molecule has 134 valence electrons. The summed E-state index contributed by atoms with van der Waals surface area (Å²) in [6.45, 7) is 11.2. The van der Waals surface area contributed by atoms with Crippen LogP contribution in [0.5, 0.6) is 0 Å². The minimum absolute atomic E-state index is 0.0264. The lowest BCUT2D eigenvalue weighted by Gasteiger charge is -2.22. The molecule has 0 saturated heterocycles. The summed E-state index contributed by atoms with van der Waals surface area (Å²) in [5.74, 6) is 0. The monoisotopic (exact) mass is 363 g/mol. The van der Waals surface area contributed by atoms with Crippen molar-refractivity contribution >= 4 is 32.5 Å². The van der Waals surface area contributed by atoms with E-state index in [2.05, 4.69) is 80.8 Å². The number of pyridine rings is 2. The summed E-state index contributed by atoms with van der Waals surface area (Å²) >= 11 is 1.79. The lowest BCUT2D eigenvalue weighted by molar-refractivity contribution is 0.399. The number of thiophene rings is 1. The van der Waals surface area contributed by atoms with Crippen LogP contribution >= 0.6 is 11.3 Å². The Morgan fingerprint density at radius 1 is 1.00 bits per heavy atom. The van der Waals surface area contributed by atoms with Gasteiger partial charge >= 0.3 is 0 Å². The van der Waals surface area contributed by atoms with Crippen molar-refractivity contribution in [3.8, 4) is 0 Å². The molecule has 0 atom stereocenters. The van der Waals surface area contributed by atoms with Crippen molar-refractivity contribution in [2.45, 2.75) is 52.0 Å². The quantitative estimate of drug-likeness (QED) is 0.452. The fourth-order valence-electron chi connectivity index (χ4n) is 3.29. The highest BCUT2D eigenvalue weighted by Crippen LogP contribution is 2.35. The van der Waals surface area contributed by atoms with Crippen molar-refractivity contribution in [3.63, 3.8) is 0 Å². The third kappa shape index (κ3) is 3.14. The molecule has 26 heavy (non-hydrogen) atoms. The van der Waals surface area contributed by atoms with Gasteiger partial charge in [0.1, 0.15) is 4.83 Å².